The number of hydrogen-bond donors (Lipinski definition) is 3. The summed E-state index contributed by atoms with van der Waals surface area (Å²) in [5.41, 5.74) is 11.1. The predicted molar refractivity (Wildman–Crippen MR) is 74.0 cm³/mol. The Bertz CT molecular complexity index is 452. The van der Waals surface area contributed by atoms with Crippen molar-refractivity contribution in [3.05, 3.63) is 35.9 Å². The minimum absolute atomic E-state index is 0.408. The molecule has 2 atom stereocenters. The van der Waals surface area contributed by atoms with Gasteiger partial charge in [0.2, 0.25) is 11.8 Å². The van der Waals surface area contributed by atoms with Gasteiger partial charge in [-0.25, -0.2) is 0 Å². The van der Waals surface area contributed by atoms with E-state index < -0.39 is 29.3 Å². The average Bonchev–Trinajstić information content (AvgIpc) is 2.28. The van der Waals surface area contributed by atoms with Crippen LogP contribution in [0.5, 0.6) is 0 Å². The molecule has 19 heavy (non-hydrogen) atoms. The third-order valence-electron chi connectivity index (χ3n) is 2.90. The van der Waals surface area contributed by atoms with E-state index in [0.29, 0.717) is 5.56 Å². The first-order chi connectivity index (χ1) is 8.73. The molecule has 0 fully saturated rings. The number of carbonyl (C=O) groups excluding carboxylic acids is 2. The standard InChI is InChI=1S/C14H21N3O2/c1-14(2,3)11(13(16)19)17-10(12(15)18)9-7-5-4-6-8-9/h4-8,10-11,17H,1-3H3,(H2,15,18)(H2,16,19)/t10-,11-/m1/s1/i13+2. The van der Waals surface area contributed by atoms with Gasteiger partial charge in [-0.2, -0.15) is 0 Å². The quantitative estimate of drug-likeness (QED) is 0.731. The van der Waals surface area contributed by atoms with Crippen LogP contribution >= 0.6 is 0 Å². The number of nitrogens with one attached hydrogen (secondary N) is 1. The van der Waals surface area contributed by atoms with Crippen LogP contribution in [0, 0.1) is 5.41 Å². The van der Waals surface area contributed by atoms with Crippen molar-refractivity contribution >= 4 is 11.8 Å². The summed E-state index contributed by atoms with van der Waals surface area (Å²) in [6, 6.07) is 7.64. The lowest BCUT2D eigenvalue weighted by atomic mass is 9.91. The van der Waals surface area contributed by atoms with Crippen LogP contribution < -0.4 is 16.8 Å². The molecule has 0 aliphatic carbocycles. The third-order valence-corrected chi connectivity index (χ3v) is 2.90. The summed E-state index contributed by atoms with van der Waals surface area (Å²) < 4.78 is 0. The summed E-state index contributed by atoms with van der Waals surface area (Å²) >= 11 is 0. The molecule has 0 radical (unpaired) electrons. The lowest BCUT2D eigenvalue weighted by Crippen LogP contribution is -2.53. The number of hydrogen-bond acceptors (Lipinski definition) is 3. The molecule has 2 amide bonds. The summed E-state index contributed by atoms with van der Waals surface area (Å²) in [6.07, 6.45) is 0. The highest BCUT2D eigenvalue weighted by Crippen LogP contribution is 2.22. The van der Waals surface area contributed by atoms with Gasteiger partial charge in [0.25, 0.3) is 0 Å². The monoisotopic (exact) mass is 265 g/mol. The van der Waals surface area contributed by atoms with Gasteiger partial charge in [0.1, 0.15) is 6.04 Å². The van der Waals surface area contributed by atoms with Crippen LogP contribution in [0.2, 0.25) is 0 Å². The molecule has 5 heteroatoms. The zero-order chi connectivity index (χ0) is 14.6. The van der Waals surface area contributed by atoms with Gasteiger partial charge < -0.3 is 11.5 Å². The maximum atomic E-state index is 11.6. The molecule has 5 N–H and O–H groups in total. The van der Waals surface area contributed by atoms with Gasteiger partial charge in [-0.1, -0.05) is 51.1 Å². The van der Waals surface area contributed by atoms with Crippen LogP contribution in [-0.4, -0.2) is 17.9 Å². The molecular formula is C14H21N3O2. The summed E-state index contributed by atoms with van der Waals surface area (Å²) in [5, 5.41) is 2.96. The normalized spacial score (nSPS) is 14.7. The first-order valence-corrected chi connectivity index (χ1v) is 6.13. The van der Waals surface area contributed by atoms with Crippen LogP contribution in [0.25, 0.3) is 0 Å². The minimum atomic E-state index is -0.738. The van der Waals surface area contributed by atoms with Crippen LogP contribution in [0.15, 0.2) is 30.3 Å². The van der Waals surface area contributed by atoms with E-state index in [9.17, 15) is 9.59 Å². The van der Waals surface area contributed by atoms with Crippen molar-refractivity contribution in [2.45, 2.75) is 32.9 Å². The molecule has 0 saturated carbocycles. The molecule has 104 valence electrons. The number of nitrogens with two attached hydrogens (primary N) is 2. The van der Waals surface area contributed by atoms with E-state index in [1.54, 1.807) is 12.1 Å². The second kappa shape index (κ2) is 5.84. The minimum Gasteiger partial charge on any atom is -0.368 e. The van der Waals surface area contributed by atoms with E-state index in [1.807, 2.05) is 39.0 Å². The van der Waals surface area contributed by atoms with Gasteiger partial charge in [0.15, 0.2) is 0 Å². The number of amides is 2. The molecule has 0 aliphatic rings. The second-order valence-corrected chi connectivity index (χ2v) is 5.61. The van der Waals surface area contributed by atoms with Crippen LogP contribution in [0.3, 0.4) is 0 Å². The molecule has 0 heterocycles. The topological polar surface area (TPSA) is 98.2 Å². The van der Waals surface area contributed by atoms with Gasteiger partial charge in [-0.15, -0.1) is 0 Å². The first kappa shape index (κ1) is 15.2. The van der Waals surface area contributed by atoms with Gasteiger partial charge >= 0.3 is 0 Å². The summed E-state index contributed by atoms with van der Waals surface area (Å²) in [6.45, 7) is 5.62. The molecule has 1 aromatic carbocycles. The van der Waals surface area contributed by atoms with Crippen molar-refractivity contribution in [3.8, 4) is 0 Å². The molecule has 0 aromatic heterocycles. The zero-order valence-corrected chi connectivity index (χ0v) is 11.5. The zero-order valence-electron chi connectivity index (χ0n) is 11.5. The Hall–Kier alpha value is -1.88. The molecule has 1 aromatic rings. The maximum Gasteiger partial charge on any atom is 0.239 e. The van der Waals surface area contributed by atoms with Gasteiger partial charge in [0, 0.05) is 0 Å². The van der Waals surface area contributed by atoms with E-state index in [-0.39, 0.29) is 0 Å². The van der Waals surface area contributed by atoms with E-state index in [0.717, 1.165) is 0 Å². The Morgan fingerprint density at radius 3 is 2.16 bits per heavy atom. The Morgan fingerprint density at radius 1 is 1.26 bits per heavy atom. The van der Waals surface area contributed by atoms with Gasteiger partial charge in [0.05, 0.1) is 6.04 Å². The lowest BCUT2D eigenvalue weighted by Gasteiger charge is -2.31. The lowest BCUT2D eigenvalue weighted by molar-refractivity contribution is -0.124. The Labute approximate surface area is 113 Å². The first-order valence-electron chi connectivity index (χ1n) is 6.13. The van der Waals surface area contributed by atoms with Crippen LogP contribution in [-0.2, 0) is 9.59 Å². The van der Waals surface area contributed by atoms with Crippen molar-refractivity contribution in [1.82, 2.24) is 5.32 Å². The van der Waals surface area contributed by atoms with E-state index in [4.69, 9.17) is 11.5 Å². The number of primary amides is 2. The number of carbonyl (C=O) groups is 2. The van der Waals surface area contributed by atoms with Crippen LogP contribution in [0.1, 0.15) is 32.4 Å². The SMILES string of the molecule is CC(C)(C)[C@H](N[C@@H](C(N)=O)c1ccccc1)[14C](N)=O. The fourth-order valence-corrected chi connectivity index (χ4v) is 1.91. The summed E-state index contributed by atoms with van der Waals surface area (Å²) in [4.78, 5) is 23.1. The highest BCUT2D eigenvalue weighted by molar-refractivity contribution is 5.84. The van der Waals surface area contributed by atoms with Crippen molar-refractivity contribution in [3.63, 3.8) is 0 Å². The maximum absolute atomic E-state index is 11.6. The Morgan fingerprint density at radius 2 is 1.79 bits per heavy atom. The summed E-state index contributed by atoms with van der Waals surface area (Å²) in [5.74, 6) is -1.05. The number of benzene rings is 1. The van der Waals surface area contributed by atoms with Gasteiger partial charge in [-0.05, 0) is 11.0 Å². The van der Waals surface area contributed by atoms with Crippen molar-refractivity contribution in [1.29, 1.82) is 0 Å². The van der Waals surface area contributed by atoms with E-state index in [1.165, 1.54) is 0 Å². The fraction of sp³-hybridized carbons (Fsp3) is 0.429. The highest BCUT2D eigenvalue weighted by atomic mass is 16.3. The smallest absolute Gasteiger partial charge is 0.239 e. The highest BCUT2D eigenvalue weighted by Gasteiger charge is 2.33. The Balaban J connectivity index is 3.02. The van der Waals surface area contributed by atoms with Crippen molar-refractivity contribution < 1.29 is 9.59 Å². The van der Waals surface area contributed by atoms with Gasteiger partial charge in [-0.3, -0.25) is 14.9 Å². The Kier molecular flexibility index (Phi) is 4.67. The largest absolute Gasteiger partial charge is 0.368 e. The second-order valence-electron chi connectivity index (χ2n) is 5.61. The molecule has 0 saturated heterocycles. The predicted octanol–water partition coefficient (Wildman–Crippen LogP) is 0.703. The van der Waals surface area contributed by atoms with E-state index in [2.05, 4.69) is 5.32 Å². The third kappa shape index (κ3) is 4.06. The summed E-state index contributed by atoms with van der Waals surface area (Å²) in [7, 11) is 0. The average molecular weight is 265 g/mol. The molecule has 0 bridgehead atoms. The molecule has 0 spiro atoms. The molecule has 0 aliphatic heterocycles. The van der Waals surface area contributed by atoms with Crippen LogP contribution in [0.4, 0.5) is 0 Å². The molecule has 1 rings (SSSR count). The fourth-order valence-electron chi connectivity index (χ4n) is 1.91. The number of rotatable bonds is 5. The molecular weight excluding hydrogens is 244 g/mol. The molecule has 0 unspecified atom stereocenters. The van der Waals surface area contributed by atoms with Crippen molar-refractivity contribution in [2.24, 2.45) is 16.9 Å². The molecule has 5 nitrogen and oxygen atoms in total. The van der Waals surface area contributed by atoms with E-state index >= 15 is 0 Å². The van der Waals surface area contributed by atoms with Crippen molar-refractivity contribution in [2.75, 3.05) is 0 Å².